The minimum Gasteiger partial charge on any atom is -0.507 e. The highest BCUT2D eigenvalue weighted by Gasteiger charge is 2.25. The molecule has 0 aliphatic carbocycles. The molecule has 3 rings (SSSR count). The molecule has 2 aliphatic rings. The molecule has 0 bridgehead atoms. The average molecular weight is 479 g/mol. The fourth-order valence-electron chi connectivity index (χ4n) is 3.90. The van der Waals surface area contributed by atoms with Crippen molar-refractivity contribution in [3.8, 4) is 11.5 Å². The number of fused-ring (bicyclic) bond motifs is 1. The van der Waals surface area contributed by atoms with Gasteiger partial charge in [0.15, 0.2) is 0 Å². The minimum absolute atomic E-state index is 0.0451. The number of hydrogen-bond donors (Lipinski definition) is 3. The molecule has 33 heavy (non-hydrogen) atoms. The van der Waals surface area contributed by atoms with E-state index in [0.717, 1.165) is 51.3 Å². The van der Waals surface area contributed by atoms with Crippen LogP contribution in [0.4, 0.5) is 0 Å². The molecule has 0 aromatic heterocycles. The summed E-state index contributed by atoms with van der Waals surface area (Å²) in [5.74, 6) is -1.56. The van der Waals surface area contributed by atoms with Crippen LogP contribution < -0.4 is 5.48 Å². The third-order valence-corrected chi connectivity index (χ3v) is 6.06. The second kappa shape index (κ2) is 12.6. The van der Waals surface area contributed by atoms with Crippen LogP contribution in [0.5, 0.6) is 11.5 Å². The SMILES string of the molecule is O=C1OCCC=CCCC=CC(NOCC(=O)N2CCCCC2)Cc2c(Cl)c(O)cc(O)c21. The van der Waals surface area contributed by atoms with Crippen LogP contribution in [-0.4, -0.2) is 59.3 Å². The first-order valence-corrected chi connectivity index (χ1v) is 11.7. The average Bonchev–Trinajstić information content (AvgIpc) is 2.80. The van der Waals surface area contributed by atoms with E-state index in [9.17, 15) is 19.8 Å². The summed E-state index contributed by atoms with van der Waals surface area (Å²) >= 11 is 6.32. The van der Waals surface area contributed by atoms with Gasteiger partial charge in [-0.15, -0.1) is 0 Å². The molecule has 1 aromatic rings. The number of hydroxylamine groups is 1. The molecule has 1 fully saturated rings. The second-order valence-electron chi connectivity index (χ2n) is 8.14. The number of nitrogens with zero attached hydrogens (tertiary/aromatic N) is 1. The van der Waals surface area contributed by atoms with E-state index in [1.54, 1.807) is 4.90 Å². The molecule has 0 radical (unpaired) electrons. The lowest BCUT2D eigenvalue weighted by molar-refractivity contribution is -0.140. The van der Waals surface area contributed by atoms with Crippen LogP contribution in [0, 0.1) is 0 Å². The summed E-state index contributed by atoms with van der Waals surface area (Å²) in [7, 11) is 0. The number of esters is 1. The van der Waals surface area contributed by atoms with E-state index in [0.29, 0.717) is 6.42 Å². The van der Waals surface area contributed by atoms with Gasteiger partial charge in [0, 0.05) is 19.2 Å². The Kier molecular flexibility index (Phi) is 9.60. The van der Waals surface area contributed by atoms with Gasteiger partial charge in [0.05, 0.1) is 17.7 Å². The van der Waals surface area contributed by atoms with Gasteiger partial charge in [0.1, 0.15) is 23.7 Å². The van der Waals surface area contributed by atoms with Crippen molar-refractivity contribution in [1.82, 2.24) is 10.4 Å². The van der Waals surface area contributed by atoms with Crippen LogP contribution in [0.3, 0.4) is 0 Å². The normalized spacial score (nSPS) is 20.1. The number of nitrogens with one attached hydrogen (secondary N) is 1. The maximum absolute atomic E-state index is 12.7. The zero-order valence-electron chi connectivity index (χ0n) is 18.6. The lowest BCUT2D eigenvalue weighted by Crippen LogP contribution is -2.40. The Bertz CT molecular complexity index is 895. The van der Waals surface area contributed by atoms with Crippen molar-refractivity contribution >= 4 is 23.5 Å². The van der Waals surface area contributed by atoms with E-state index < -0.39 is 17.8 Å². The fourth-order valence-corrected chi connectivity index (χ4v) is 4.12. The van der Waals surface area contributed by atoms with Crippen molar-refractivity contribution in [3.05, 3.63) is 46.5 Å². The monoisotopic (exact) mass is 478 g/mol. The Morgan fingerprint density at radius 1 is 1.12 bits per heavy atom. The molecule has 2 aliphatic heterocycles. The Labute approximate surface area is 198 Å². The summed E-state index contributed by atoms with van der Waals surface area (Å²) in [6.45, 7) is 1.51. The molecule has 8 nitrogen and oxygen atoms in total. The number of phenols is 2. The lowest BCUT2D eigenvalue weighted by atomic mass is 9.98. The summed E-state index contributed by atoms with van der Waals surface area (Å²) in [6, 6.07) is 0.550. The van der Waals surface area contributed by atoms with E-state index in [2.05, 4.69) is 5.48 Å². The van der Waals surface area contributed by atoms with Gasteiger partial charge in [-0.05, 0) is 50.5 Å². The number of phenolic OH excluding ortho intramolecular Hbond substituents is 2. The Morgan fingerprint density at radius 2 is 1.85 bits per heavy atom. The van der Waals surface area contributed by atoms with E-state index in [1.807, 2.05) is 24.3 Å². The van der Waals surface area contributed by atoms with Crippen molar-refractivity contribution in [3.63, 3.8) is 0 Å². The van der Waals surface area contributed by atoms with E-state index >= 15 is 0 Å². The highest BCUT2D eigenvalue weighted by molar-refractivity contribution is 6.33. The molecule has 1 amide bonds. The number of aromatic hydroxyl groups is 2. The zero-order valence-corrected chi connectivity index (χ0v) is 19.4. The van der Waals surface area contributed by atoms with Crippen LogP contribution in [0.15, 0.2) is 30.4 Å². The summed E-state index contributed by atoms with van der Waals surface area (Å²) in [4.78, 5) is 32.4. The molecule has 1 atom stereocenters. The molecular formula is C24H31ClN2O6. The van der Waals surface area contributed by atoms with Gasteiger partial charge in [-0.25, -0.2) is 4.79 Å². The maximum atomic E-state index is 12.7. The van der Waals surface area contributed by atoms with E-state index in [1.165, 1.54) is 0 Å². The quantitative estimate of drug-likeness (QED) is 0.344. The van der Waals surface area contributed by atoms with Crippen molar-refractivity contribution in [1.29, 1.82) is 0 Å². The Balaban J connectivity index is 1.78. The first-order chi connectivity index (χ1) is 16.0. The zero-order chi connectivity index (χ0) is 23.6. The van der Waals surface area contributed by atoms with Gasteiger partial charge in [-0.3, -0.25) is 9.63 Å². The van der Waals surface area contributed by atoms with Crippen LogP contribution in [0.2, 0.25) is 5.02 Å². The predicted octanol–water partition coefficient (Wildman–Crippen LogP) is 3.65. The first-order valence-electron chi connectivity index (χ1n) is 11.3. The number of halogens is 1. The Hall–Kier alpha value is -2.55. The number of hydrogen-bond acceptors (Lipinski definition) is 7. The summed E-state index contributed by atoms with van der Waals surface area (Å²) in [5.41, 5.74) is 3.01. The number of ether oxygens (including phenoxy) is 1. The Morgan fingerprint density at radius 3 is 2.64 bits per heavy atom. The molecule has 9 heteroatoms. The van der Waals surface area contributed by atoms with Crippen molar-refractivity contribution < 1.29 is 29.4 Å². The molecule has 1 saturated heterocycles. The number of rotatable bonds is 4. The molecule has 1 unspecified atom stereocenters. The van der Waals surface area contributed by atoms with Gasteiger partial charge in [0.25, 0.3) is 5.91 Å². The van der Waals surface area contributed by atoms with Crippen LogP contribution in [-0.2, 0) is 20.8 Å². The molecule has 2 heterocycles. The van der Waals surface area contributed by atoms with Crippen molar-refractivity contribution in [2.75, 3.05) is 26.3 Å². The van der Waals surface area contributed by atoms with E-state index in [-0.39, 0.29) is 47.4 Å². The molecule has 0 spiro atoms. The summed E-state index contributed by atoms with van der Waals surface area (Å²) in [5, 5.41) is 20.4. The van der Waals surface area contributed by atoms with Crippen molar-refractivity contribution in [2.45, 2.75) is 51.0 Å². The largest absolute Gasteiger partial charge is 0.507 e. The van der Waals surface area contributed by atoms with Gasteiger partial charge < -0.3 is 19.8 Å². The number of amides is 1. The van der Waals surface area contributed by atoms with Gasteiger partial charge >= 0.3 is 5.97 Å². The third-order valence-electron chi connectivity index (χ3n) is 5.64. The number of carbonyl (C=O) groups excluding carboxylic acids is 2. The van der Waals surface area contributed by atoms with Gasteiger partial charge in [-0.1, -0.05) is 35.9 Å². The number of piperidine rings is 1. The smallest absolute Gasteiger partial charge is 0.342 e. The number of carbonyl (C=O) groups is 2. The van der Waals surface area contributed by atoms with Crippen LogP contribution >= 0.6 is 11.6 Å². The summed E-state index contributed by atoms with van der Waals surface area (Å²) < 4.78 is 5.29. The van der Waals surface area contributed by atoms with Crippen LogP contribution in [0.1, 0.15) is 54.4 Å². The highest BCUT2D eigenvalue weighted by atomic mass is 35.5. The van der Waals surface area contributed by atoms with Crippen molar-refractivity contribution in [2.24, 2.45) is 0 Å². The molecule has 1 aromatic carbocycles. The third kappa shape index (κ3) is 7.22. The number of benzene rings is 1. The number of allylic oxidation sites excluding steroid dienone is 2. The van der Waals surface area contributed by atoms with Gasteiger partial charge in [-0.2, -0.15) is 5.48 Å². The maximum Gasteiger partial charge on any atom is 0.342 e. The molecule has 180 valence electrons. The number of cyclic esters (lactones) is 1. The lowest BCUT2D eigenvalue weighted by Gasteiger charge is -2.27. The highest BCUT2D eigenvalue weighted by Crippen LogP contribution is 2.37. The second-order valence-corrected chi connectivity index (χ2v) is 8.52. The van der Waals surface area contributed by atoms with E-state index in [4.69, 9.17) is 21.2 Å². The minimum atomic E-state index is -0.723. The fraction of sp³-hybridized carbons (Fsp3) is 0.500. The molecule has 0 saturated carbocycles. The standard InChI is InChI=1S/C24H31ClN2O6/c25-23-18-14-17(26-33-16-21(30)27-11-7-5-8-12-27)10-6-3-1-2-4-9-13-32-24(31)22(18)19(28)15-20(23)29/h2,4,6,10,15,17,26,28-29H,1,3,5,7-9,11-14,16H2. The first kappa shape index (κ1) is 25.1. The van der Waals surface area contributed by atoms with Gasteiger partial charge in [0.2, 0.25) is 0 Å². The molecular weight excluding hydrogens is 448 g/mol. The topological polar surface area (TPSA) is 108 Å². The van der Waals surface area contributed by atoms with Crippen LogP contribution in [0.25, 0.3) is 0 Å². The summed E-state index contributed by atoms with van der Waals surface area (Å²) in [6.07, 6.45) is 13.2. The predicted molar refractivity (Wildman–Crippen MR) is 124 cm³/mol. The molecule has 3 N–H and O–H groups in total. The number of likely N-dealkylation sites (tertiary alicyclic amines) is 1.